The molecule has 0 aliphatic heterocycles. The fraction of sp³-hybridized carbons (Fsp3) is 0.364. The van der Waals surface area contributed by atoms with E-state index in [4.69, 9.17) is 33.0 Å². The SMILES string of the molecule is COc1c(Cl)cc(C(=O)N[C@H](C)CO)cc1Cl. The molecule has 0 radical (unpaired) electrons. The normalized spacial score (nSPS) is 12.1. The molecule has 0 saturated carbocycles. The van der Waals surface area contributed by atoms with Crippen molar-refractivity contribution in [1.29, 1.82) is 0 Å². The molecule has 0 fully saturated rings. The van der Waals surface area contributed by atoms with E-state index in [0.29, 0.717) is 11.3 Å². The Balaban J connectivity index is 2.96. The van der Waals surface area contributed by atoms with Crippen molar-refractivity contribution in [2.45, 2.75) is 13.0 Å². The van der Waals surface area contributed by atoms with E-state index in [1.54, 1.807) is 6.92 Å². The highest BCUT2D eigenvalue weighted by Crippen LogP contribution is 2.33. The number of ether oxygens (including phenoxy) is 1. The monoisotopic (exact) mass is 277 g/mol. The third kappa shape index (κ3) is 3.49. The van der Waals surface area contributed by atoms with Gasteiger partial charge >= 0.3 is 0 Å². The van der Waals surface area contributed by atoms with E-state index in [-0.39, 0.29) is 28.6 Å². The molecule has 94 valence electrons. The second-order valence-electron chi connectivity index (χ2n) is 3.53. The van der Waals surface area contributed by atoms with E-state index < -0.39 is 0 Å². The van der Waals surface area contributed by atoms with Gasteiger partial charge in [-0.3, -0.25) is 4.79 Å². The first-order valence-corrected chi connectivity index (χ1v) is 5.70. The predicted octanol–water partition coefficient (Wildman–Crippen LogP) is 2.11. The van der Waals surface area contributed by atoms with Crippen molar-refractivity contribution < 1.29 is 14.6 Å². The topological polar surface area (TPSA) is 58.6 Å². The molecule has 4 nitrogen and oxygen atoms in total. The highest BCUT2D eigenvalue weighted by molar-refractivity contribution is 6.37. The predicted molar refractivity (Wildman–Crippen MR) is 67.0 cm³/mol. The van der Waals surface area contributed by atoms with Crippen LogP contribution in [0, 0.1) is 0 Å². The number of halogens is 2. The zero-order valence-corrected chi connectivity index (χ0v) is 11.0. The number of benzene rings is 1. The summed E-state index contributed by atoms with van der Waals surface area (Å²) < 4.78 is 4.98. The lowest BCUT2D eigenvalue weighted by atomic mass is 10.2. The lowest BCUT2D eigenvalue weighted by molar-refractivity contribution is 0.0922. The molecule has 1 atom stereocenters. The van der Waals surface area contributed by atoms with Gasteiger partial charge in [-0.05, 0) is 19.1 Å². The summed E-state index contributed by atoms with van der Waals surface area (Å²) in [7, 11) is 1.45. The van der Waals surface area contributed by atoms with Crippen LogP contribution in [0.3, 0.4) is 0 Å². The molecule has 0 spiro atoms. The van der Waals surface area contributed by atoms with Crippen molar-refractivity contribution in [2.75, 3.05) is 13.7 Å². The molecule has 0 saturated heterocycles. The highest BCUT2D eigenvalue weighted by atomic mass is 35.5. The molecular formula is C11H13Cl2NO3. The molecule has 0 unspecified atom stereocenters. The maximum absolute atomic E-state index is 11.7. The van der Waals surface area contributed by atoms with Gasteiger partial charge in [0.1, 0.15) is 0 Å². The van der Waals surface area contributed by atoms with Crippen LogP contribution in [0.25, 0.3) is 0 Å². The quantitative estimate of drug-likeness (QED) is 0.886. The third-order valence-electron chi connectivity index (χ3n) is 2.12. The Hall–Kier alpha value is -0.970. The number of carbonyl (C=O) groups excluding carboxylic acids is 1. The van der Waals surface area contributed by atoms with Gasteiger partial charge in [-0.25, -0.2) is 0 Å². The largest absolute Gasteiger partial charge is 0.494 e. The fourth-order valence-electron chi connectivity index (χ4n) is 1.24. The van der Waals surface area contributed by atoms with E-state index in [1.165, 1.54) is 19.2 Å². The fourth-order valence-corrected chi connectivity index (χ4v) is 1.88. The summed E-state index contributed by atoms with van der Waals surface area (Å²) in [6.45, 7) is 1.55. The Morgan fingerprint density at radius 1 is 1.47 bits per heavy atom. The van der Waals surface area contributed by atoms with Gasteiger partial charge in [0.2, 0.25) is 0 Å². The number of carbonyl (C=O) groups is 1. The van der Waals surface area contributed by atoms with E-state index in [1.807, 2.05) is 0 Å². The van der Waals surface area contributed by atoms with Crippen LogP contribution in [-0.2, 0) is 0 Å². The highest BCUT2D eigenvalue weighted by Gasteiger charge is 2.14. The number of amides is 1. The van der Waals surface area contributed by atoms with E-state index in [0.717, 1.165) is 0 Å². The summed E-state index contributed by atoms with van der Waals surface area (Å²) in [6.07, 6.45) is 0. The van der Waals surface area contributed by atoms with Crippen LogP contribution in [-0.4, -0.2) is 30.8 Å². The molecule has 6 heteroatoms. The second-order valence-corrected chi connectivity index (χ2v) is 4.34. The number of methoxy groups -OCH3 is 1. The maximum Gasteiger partial charge on any atom is 0.251 e. The molecule has 1 rings (SSSR count). The molecule has 1 amide bonds. The molecule has 2 N–H and O–H groups in total. The molecule has 1 aromatic carbocycles. The molecule has 0 aromatic heterocycles. The molecular weight excluding hydrogens is 265 g/mol. The van der Waals surface area contributed by atoms with Crippen molar-refractivity contribution in [3.63, 3.8) is 0 Å². The molecule has 0 heterocycles. The summed E-state index contributed by atoms with van der Waals surface area (Å²) in [5.74, 6) is -0.0157. The van der Waals surface area contributed by atoms with Gasteiger partial charge in [0.25, 0.3) is 5.91 Å². The summed E-state index contributed by atoms with van der Waals surface area (Å²) in [4.78, 5) is 11.7. The van der Waals surface area contributed by atoms with Crippen LogP contribution in [0.2, 0.25) is 10.0 Å². The van der Waals surface area contributed by atoms with Crippen molar-refractivity contribution in [3.05, 3.63) is 27.7 Å². The van der Waals surface area contributed by atoms with Crippen LogP contribution >= 0.6 is 23.2 Å². The number of aliphatic hydroxyl groups is 1. The smallest absolute Gasteiger partial charge is 0.251 e. The first-order valence-electron chi connectivity index (χ1n) is 4.94. The van der Waals surface area contributed by atoms with Crippen molar-refractivity contribution in [2.24, 2.45) is 0 Å². The van der Waals surface area contributed by atoms with E-state index in [2.05, 4.69) is 5.32 Å². The Kier molecular flexibility index (Phi) is 5.05. The number of hydrogen-bond donors (Lipinski definition) is 2. The molecule has 0 aliphatic rings. The zero-order valence-electron chi connectivity index (χ0n) is 9.46. The first-order chi connectivity index (χ1) is 7.99. The average molecular weight is 278 g/mol. The lowest BCUT2D eigenvalue weighted by Crippen LogP contribution is -2.34. The average Bonchev–Trinajstić information content (AvgIpc) is 2.28. The molecule has 1 aromatic rings. The first kappa shape index (κ1) is 14.1. The van der Waals surface area contributed by atoms with E-state index in [9.17, 15) is 4.79 Å². The maximum atomic E-state index is 11.7. The van der Waals surface area contributed by atoms with Crippen LogP contribution < -0.4 is 10.1 Å². The van der Waals surface area contributed by atoms with Crippen LogP contribution in [0.4, 0.5) is 0 Å². The molecule has 17 heavy (non-hydrogen) atoms. The lowest BCUT2D eigenvalue weighted by Gasteiger charge is -2.12. The Morgan fingerprint density at radius 2 is 2.00 bits per heavy atom. The minimum atomic E-state index is -0.349. The second kappa shape index (κ2) is 6.10. The van der Waals surface area contributed by atoms with Gasteiger partial charge in [0.05, 0.1) is 23.8 Å². The number of nitrogens with one attached hydrogen (secondary N) is 1. The summed E-state index contributed by atoms with van der Waals surface area (Å²) in [5, 5.41) is 12.0. The van der Waals surface area contributed by atoms with Gasteiger partial charge in [-0.15, -0.1) is 0 Å². The Labute approximate surface area is 109 Å². The van der Waals surface area contributed by atoms with Gasteiger partial charge in [-0.1, -0.05) is 23.2 Å². The van der Waals surface area contributed by atoms with E-state index >= 15 is 0 Å². The molecule has 0 bridgehead atoms. The Morgan fingerprint density at radius 3 is 2.41 bits per heavy atom. The standard InChI is InChI=1S/C11H13Cl2NO3/c1-6(5-15)14-11(16)7-3-8(12)10(17-2)9(13)4-7/h3-4,6,15H,5H2,1-2H3,(H,14,16)/t6-/m1/s1. The number of aliphatic hydroxyl groups excluding tert-OH is 1. The number of hydrogen-bond acceptors (Lipinski definition) is 3. The summed E-state index contributed by atoms with van der Waals surface area (Å²) in [5.41, 5.74) is 0.320. The minimum absolute atomic E-state index is 0.136. The zero-order chi connectivity index (χ0) is 13.0. The van der Waals surface area contributed by atoms with Gasteiger partial charge in [0, 0.05) is 11.6 Å². The number of rotatable bonds is 4. The minimum Gasteiger partial charge on any atom is -0.494 e. The van der Waals surface area contributed by atoms with Crippen molar-refractivity contribution in [3.8, 4) is 5.75 Å². The van der Waals surface area contributed by atoms with Gasteiger partial charge < -0.3 is 15.2 Å². The summed E-state index contributed by atoms with van der Waals surface area (Å²) in [6, 6.07) is 2.60. The van der Waals surface area contributed by atoms with Gasteiger partial charge in [-0.2, -0.15) is 0 Å². The molecule has 0 aliphatic carbocycles. The van der Waals surface area contributed by atoms with Crippen LogP contribution in [0.15, 0.2) is 12.1 Å². The van der Waals surface area contributed by atoms with Crippen molar-refractivity contribution in [1.82, 2.24) is 5.32 Å². The van der Waals surface area contributed by atoms with Crippen molar-refractivity contribution >= 4 is 29.1 Å². The van der Waals surface area contributed by atoms with Gasteiger partial charge in [0.15, 0.2) is 5.75 Å². The summed E-state index contributed by atoms with van der Waals surface area (Å²) >= 11 is 11.8. The van der Waals surface area contributed by atoms with Crippen LogP contribution in [0.5, 0.6) is 5.75 Å². The Bertz CT molecular complexity index is 400. The van der Waals surface area contributed by atoms with Crippen LogP contribution in [0.1, 0.15) is 17.3 Å². The third-order valence-corrected chi connectivity index (χ3v) is 2.68.